The summed E-state index contributed by atoms with van der Waals surface area (Å²) >= 11 is 3.34. The van der Waals surface area contributed by atoms with E-state index in [9.17, 15) is 0 Å². The molecule has 3 aromatic rings. The maximum absolute atomic E-state index is 8.84. The van der Waals surface area contributed by atoms with Gasteiger partial charge in [0.1, 0.15) is 5.01 Å². The van der Waals surface area contributed by atoms with Gasteiger partial charge < -0.3 is 10.4 Å². The molecule has 3 heterocycles. The highest BCUT2D eigenvalue weighted by atomic mass is 32.1. The Balaban J connectivity index is 1.60. The van der Waals surface area contributed by atoms with E-state index in [0.29, 0.717) is 13.1 Å². The van der Waals surface area contributed by atoms with E-state index in [0.717, 1.165) is 16.4 Å². The van der Waals surface area contributed by atoms with Crippen LogP contribution >= 0.6 is 22.7 Å². The third-order valence-corrected chi connectivity index (χ3v) is 4.38. The molecule has 7 heteroatoms. The molecule has 5 nitrogen and oxygen atoms in total. The summed E-state index contributed by atoms with van der Waals surface area (Å²) in [5.74, 6) is 0. The summed E-state index contributed by atoms with van der Waals surface area (Å²) in [5, 5.41) is 23.6. The topological polar surface area (TPSA) is 63.0 Å². The van der Waals surface area contributed by atoms with E-state index >= 15 is 0 Å². The predicted octanol–water partition coefficient (Wildman–Crippen LogP) is 2.67. The van der Waals surface area contributed by atoms with Crippen LogP contribution in [0.1, 0.15) is 5.69 Å². The average molecular weight is 306 g/mol. The maximum atomic E-state index is 8.84. The zero-order valence-electron chi connectivity index (χ0n) is 10.7. The van der Waals surface area contributed by atoms with Crippen molar-refractivity contribution < 1.29 is 5.11 Å². The van der Waals surface area contributed by atoms with Gasteiger partial charge in [0, 0.05) is 22.5 Å². The number of hydrogen-bond donors (Lipinski definition) is 2. The molecule has 0 bridgehead atoms. The van der Waals surface area contributed by atoms with Crippen molar-refractivity contribution in [2.75, 3.05) is 11.9 Å². The summed E-state index contributed by atoms with van der Waals surface area (Å²) in [6, 6.07) is 2.08. The van der Waals surface area contributed by atoms with Crippen LogP contribution in [0.5, 0.6) is 0 Å². The highest BCUT2D eigenvalue weighted by molar-refractivity contribution is 7.14. The molecule has 0 unspecified atom stereocenters. The lowest BCUT2D eigenvalue weighted by Gasteiger charge is -1.99. The molecule has 0 spiro atoms. The molecule has 0 aliphatic carbocycles. The summed E-state index contributed by atoms with van der Waals surface area (Å²) in [6.07, 6.45) is 3.63. The summed E-state index contributed by atoms with van der Waals surface area (Å²) in [6.45, 7) is 1.28. The number of aliphatic hydroxyl groups is 1. The third kappa shape index (κ3) is 3.06. The van der Waals surface area contributed by atoms with Gasteiger partial charge in [-0.05, 0) is 11.4 Å². The lowest BCUT2D eigenvalue weighted by Crippen LogP contribution is -2.02. The fraction of sp³-hybridized carbons (Fsp3) is 0.231. The number of thiophene rings is 1. The van der Waals surface area contributed by atoms with Gasteiger partial charge in [0.25, 0.3) is 0 Å². The Bertz CT molecular complexity index is 660. The fourth-order valence-corrected chi connectivity index (χ4v) is 3.31. The Labute approximate surface area is 124 Å². The van der Waals surface area contributed by atoms with Crippen LogP contribution < -0.4 is 5.32 Å². The van der Waals surface area contributed by atoms with Crippen LogP contribution in [0, 0.1) is 0 Å². The lowest BCUT2D eigenvalue weighted by atomic mass is 10.3. The summed E-state index contributed by atoms with van der Waals surface area (Å²) in [4.78, 5) is 4.61. The van der Waals surface area contributed by atoms with Gasteiger partial charge in [-0.15, -0.1) is 11.3 Å². The van der Waals surface area contributed by atoms with Crippen LogP contribution in [0.3, 0.4) is 0 Å². The Kier molecular flexibility index (Phi) is 4.10. The molecular weight excluding hydrogens is 292 g/mol. The predicted molar refractivity (Wildman–Crippen MR) is 82.1 cm³/mol. The van der Waals surface area contributed by atoms with Crippen molar-refractivity contribution in [1.29, 1.82) is 0 Å². The molecule has 0 atom stereocenters. The number of nitrogens with zero attached hydrogens (tertiary/aromatic N) is 3. The minimum Gasteiger partial charge on any atom is -0.394 e. The minimum absolute atomic E-state index is 0.0945. The third-order valence-electron chi connectivity index (χ3n) is 2.76. The molecule has 0 aromatic carbocycles. The Hall–Kier alpha value is -1.70. The van der Waals surface area contributed by atoms with Crippen LogP contribution in [-0.2, 0) is 13.1 Å². The van der Waals surface area contributed by atoms with Crippen LogP contribution in [0.4, 0.5) is 5.69 Å². The molecule has 3 rings (SSSR count). The van der Waals surface area contributed by atoms with Crippen molar-refractivity contribution in [3.8, 4) is 10.6 Å². The number of aromatic nitrogens is 3. The first-order valence-electron chi connectivity index (χ1n) is 6.19. The number of nitrogens with one attached hydrogen (secondary N) is 1. The lowest BCUT2D eigenvalue weighted by molar-refractivity contribution is 0.269. The van der Waals surface area contributed by atoms with Crippen molar-refractivity contribution in [3.63, 3.8) is 0 Å². The molecule has 0 amide bonds. The first-order valence-corrected chi connectivity index (χ1v) is 8.01. The van der Waals surface area contributed by atoms with E-state index < -0.39 is 0 Å². The smallest absolute Gasteiger partial charge is 0.124 e. The molecule has 0 saturated heterocycles. The van der Waals surface area contributed by atoms with Gasteiger partial charge in [-0.2, -0.15) is 16.4 Å². The second kappa shape index (κ2) is 6.17. The second-order valence-corrected chi connectivity index (χ2v) is 5.86. The minimum atomic E-state index is 0.0945. The van der Waals surface area contributed by atoms with E-state index in [1.54, 1.807) is 33.6 Å². The van der Waals surface area contributed by atoms with Gasteiger partial charge >= 0.3 is 0 Å². The first kappa shape index (κ1) is 13.3. The van der Waals surface area contributed by atoms with E-state index in [-0.39, 0.29) is 6.61 Å². The molecule has 0 aliphatic heterocycles. The monoisotopic (exact) mass is 306 g/mol. The number of anilines is 1. The molecule has 20 heavy (non-hydrogen) atoms. The maximum Gasteiger partial charge on any atom is 0.124 e. The quantitative estimate of drug-likeness (QED) is 0.735. The van der Waals surface area contributed by atoms with Gasteiger partial charge in [0.2, 0.25) is 0 Å². The highest BCUT2D eigenvalue weighted by Gasteiger charge is 2.05. The summed E-state index contributed by atoms with van der Waals surface area (Å²) < 4.78 is 1.71. The number of aliphatic hydroxyl groups excluding tert-OH is 1. The zero-order valence-corrected chi connectivity index (χ0v) is 12.3. The van der Waals surface area contributed by atoms with Crippen LogP contribution in [0.25, 0.3) is 10.6 Å². The van der Waals surface area contributed by atoms with Crippen LogP contribution in [0.2, 0.25) is 0 Å². The first-order chi connectivity index (χ1) is 9.85. The van der Waals surface area contributed by atoms with E-state index in [1.807, 2.05) is 6.20 Å². The molecule has 0 radical (unpaired) electrons. The molecule has 0 aliphatic rings. The van der Waals surface area contributed by atoms with Crippen molar-refractivity contribution in [1.82, 2.24) is 14.8 Å². The van der Waals surface area contributed by atoms with Crippen LogP contribution in [0.15, 0.2) is 34.6 Å². The number of hydrogen-bond acceptors (Lipinski definition) is 6. The van der Waals surface area contributed by atoms with Crippen molar-refractivity contribution in [2.45, 2.75) is 13.1 Å². The standard InChI is InChI=1S/C13H14N4OS2/c18-3-2-17-7-11(6-15-17)14-5-12-9-20-13(16-12)10-1-4-19-8-10/h1,4,6-9,14,18H,2-3,5H2. The molecule has 2 N–H and O–H groups in total. The van der Waals surface area contributed by atoms with Crippen LogP contribution in [-0.4, -0.2) is 26.5 Å². The summed E-state index contributed by atoms with van der Waals surface area (Å²) in [5.41, 5.74) is 3.14. The van der Waals surface area contributed by atoms with Gasteiger partial charge in [0.05, 0.1) is 37.3 Å². The normalized spacial score (nSPS) is 10.8. The van der Waals surface area contributed by atoms with Gasteiger partial charge in [-0.3, -0.25) is 4.68 Å². The molecule has 0 fully saturated rings. The van der Waals surface area contributed by atoms with Crippen molar-refractivity contribution >= 4 is 28.4 Å². The number of thiazole rings is 1. The molecule has 104 valence electrons. The molecule has 0 saturated carbocycles. The second-order valence-electron chi connectivity index (χ2n) is 4.23. The Morgan fingerprint density at radius 2 is 2.30 bits per heavy atom. The van der Waals surface area contributed by atoms with Gasteiger partial charge in [-0.1, -0.05) is 0 Å². The molecular formula is C13H14N4OS2. The van der Waals surface area contributed by atoms with Crippen molar-refractivity contribution in [2.24, 2.45) is 0 Å². The summed E-state index contributed by atoms with van der Waals surface area (Å²) in [7, 11) is 0. The van der Waals surface area contributed by atoms with Gasteiger partial charge in [0.15, 0.2) is 0 Å². The van der Waals surface area contributed by atoms with Gasteiger partial charge in [-0.25, -0.2) is 4.98 Å². The number of rotatable bonds is 6. The fourth-order valence-electron chi connectivity index (χ4n) is 1.78. The largest absolute Gasteiger partial charge is 0.394 e. The Morgan fingerprint density at radius 3 is 3.10 bits per heavy atom. The Morgan fingerprint density at radius 1 is 1.35 bits per heavy atom. The average Bonchev–Trinajstić information content (AvgIpc) is 3.18. The zero-order chi connectivity index (χ0) is 13.8. The van der Waals surface area contributed by atoms with E-state index in [1.165, 1.54) is 5.56 Å². The van der Waals surface area contributed by atoms with E-state index in [4.69, 9.17) is 5.11 Å². The highest BCUT2D eigenvalue weighted by Crippen LogP contribution is 2.25. The SMILES string of the molecule is OCCn1cc(NCc2csc(-c3ccsc3)n2)cn1. The molecule has 3 aromatic heterocycles. The van der Waals surface area contributed by atoms with Crippen molar-refractivity contribution in [3.05, 3.63) is 40.3 Å². The van der Waals surface area contributed by atoms with E-state index in [2.05, 4.69) is 37.6 Å².